The highest BCUT2D eigenvalue weighted by Crippen LogP contribution is 2.62. The molecule has 8 aromatic rings. The predicted octanol–water partition coefficient (Wildman–Crippen LogP) is 15.1. The molecule has 0 unspecified atom stereocenters. The normalized spacial score (nSPS) is 13.7. The highest BCUT2D eigenvalue weighted by Gasteiger charge is 2.62. The van der Waals surface area contributed by atoms with Crippen molar-refractivity contribution in [3.8, 4) is 22.3 Å². The summed E-state index contributed by atoms with van der Waals surface area (Å²) in [5.41, 5.74) is 12.1. The van der Waals surface area contributed by atoms with Gasteiger partial charge < -0.3 is 4.90 Å². The summed E-state index contributed by atoms with van der Waals surface area (Å²) in [6.07, 6.45) is 0. The number of hydrogen-bond donors (Lipinski definition) is 0. The molecule has 0 N–H and O–H groups in total. The summed E-state index contributed by atoms with van der Waals surface area (Å²) in [6, 6.07) is 64.1. The molecule has 0 aliphatic heterocycles. The molecule has 0 saturated carbocycles. The molecule has 3 heteroatoms. The van der Waals surface area contributed by atoms with E-state index in [1.54, 1.807) is 11.1 Å². The van der Waals surface area contributed by atoms with E-state index in [9.17, 15) is 0 Å². The highest BCUT2D eigenvalue weighted by atomic mass is 28.4. The van der Waals surface area contributed by atoms with Crippen LogP contribution in [0, 0.1) is 0 Å². The number of benzene rings is 8. The third-order valence-electron chi connectivity index (χ3n) is 13.2. The van der Waals surface area contributed by atoms with Gasteiger partial charge in [-0.05, 0) is 90.5 Å². The van der Waals surface area contributed by atoms with Crippen molar-refractivity contribution in [3.05, 3.63) is 175 Å². The van der Waals surface area contributed by atoms with Crippen molar-refractivity contribution in [2.45, 2.75) is 56.8 Å². The van der Waals surface area contributed by atoms with Crippen LogP contribution in [0.25, 0.3) is 54.6 Å². The van der Waals surface area contributed by atoms with Gasteiger partial charge in [0.1, 0.15) is 0 Å². The Morgan fingerprint density at radius 1 is 0.426 bits per heavy atom. The van der Waals surface area contributed by atoms with E-state index in [0.29, 0.717) is 0 Å². The molecular weight excluding hydrogens is 683 g/mol. The average Bonchev–Trinajstić information content (AvgIpc) is 3.55. The third-order valence-corrected chi connectivity index (χ3v) is 25.9. The Balaban J connectivity index is 1.34. The fourth-order valence-corrected chi connectivity index (χ4v) is 23.4. The first kappa shape index (κ1) is 34.5. The minimum atomic E-state index is -1.95. The van der Waals surface area contributed by atoms with Crippen molar-refractivity contribution in [3.63, 3.8) is 0 Å². The van der Waals surface area contributed by atoms with Crippen molar-refractivity contribution in [1.29, 1.82) is 0 Å². The van der Waals surface area contributed by atoms with Crippen LogP contribution in [0.15, 0.2) is 164 Å². The summed E-state index contributed by atoms with van der Waals surface area (Å²) in [7, 11) is -3.90. The summed E-state index contributed by atoms with van der Waals surface area (Å²) in [4.78, 5) is 2.48. The lowest BCUT2D eigenvalue weighted by molar-refractivity contribution is 0.934. The summed E-state index contributed by atoms with van der Waals surface area (Å²) in [6.45, 7) is 15.8. The standard InChI is InChI=1S/C51H49NSi2/c1-7-53(3,4)51(54(5,6)8-2)49-44-24-15-14-21-38(44)27-31-46(49)47-32-28-40-35-42(30-33-45(40)50(47)51)52(41-29-26-36-18-12-13-22-39(36)34-41)48-25-17-16-23-43(48)37-19-10-9-11-20-37/h9-35H,7-8H2,1-6H3. The van der Waals surface area contributed by atoms with E-state index >= 15 is 0 Å². The number of rotatable bonds is 8. The molecule has 0 fully saturated rings. The Labute approximate surface area is 323 Å². The lowest BCUT2D eigenvalue weighted by Gasteiger charge is -2.54. The maximum atomic E-state index is 2.70. The molecule has 54 heavy (non-hydrogen) atoms. The van der Waals surface area contributed by atoms with E-state index in [0.717, 1.165) is 5.69 Å². The van der Waals surface area contributed by atoms with E-state index in [-0.39, 0.29) is 4.66 Å². The molecule has 9 rings (SSSR count). The zero-order valence-electron chi connectivity index (χ0n) is 32.4. The number of nitrogens with zero attached hydrogens (tertiary/aromatic N) is 1. The van der Waals surface area contributed by atoms with Crippen LogP contribution in [-0.2, 0) is 4.66 Å². The second-order valence-corrected chi connectivity index (χ2v) is 27.5. The Kier molecular flexibility index (Phi) is 8.29. The molecular formula is C51H49NSi2. The van der Waals surface area contributed by atoms with Gasteiger partial charge in [-0.1, -0.05) is 186 Å². The maximum absolute atomic E-state index is 2.70. The number of fused-ring (bicyclic) bond motifs is 8. The molecule has 1 nitrogen and oxygen atoms in total. The first-order chi connectivity index (χ1) is 26.2. The van der Waals surface area contributed by atoms with Gasteiger partial charge in [-0.2, -0.15) is 0 Å². The van der Waals surface area contributed by atoms with Crippen LogP contribution in [-0.4, -0.2) is 16.1 Å². The molecule has 0 radical (unpaired) electrons. The molecule has 0 amide bonds. The van der Waals surface area contributed by atoms with Gasteiger partial charge in [-0.25, -0.2) is 0 Å². The van der Waals surface area contributed by atoms with Crippen molar-refractivity contribution >= 4 is 65.5 Å². The minimum Gasteiger partial charge on any atom is -0.310 e. The largest absolute Gasteiger partial charge is 0.310 e. The number of hydrogen-bond acceptors (Lipinski definition) is 1. The molecule has 0 bridgehead atoms. The van der Waals surface area contributed by atoms with Gasteiger partial charge in [0.05, 0.1) is 21.8 Å². The van der Waals surface area contributed by atoms with E-state index < -0.39 is 16.1 Å². The molecule has 0 spiro atoms. The lowest BCUT2D eigenvalue weighted by Crippen LogP contribution is -2.65. The van der Waals surface area contributed by atoms with E-state index in [1.165, 1.54) is 78.0 Å². The average molecular weight is 732 g/mol. The minimum absolute atomic E-state index is 0.0496. The van der Waals surface area contributed by atoms with Crippen LogP contribution in [0.3, 0.4) is 0 Å². The number of anilines is 3. The molecule has 0 aromatic heterocycles. The van der Waals surface area contributed by atoms with Crippen LogP contribution < -0.4 is 4.90 Å². The number of para-hydroxylation sites is 1. The first-order valence-corrected chi connectivity index (χ1v) is 26.1. The fourth-order valence-electron chi connectivity index (χ4n) is 10.2. The summed E-state index contributed by atoms with van der Waals surface area (Å²) in [5, 5.41) is 8.06. The van der Waals surface area contributed by atoms with Crippen molar-refractivity contribution < 1.29 is 0 Å². The first-order valence-electron chi connectivity index (χ1n) is 19.7. The fraction of sp³-hybridized carbons (Fsp3) is 0.176. The van der Waals surface area contributed by atoms with Gasteiger partial charge >= 0.3 is 0 Å². The van der Waals surface area contributed by atoms with Gasteiger partial charge in [-0.15, -0.1) is 0 Å². The maximum Gasteiger partial charge on any atom is 0.0607 e. The Morgan fingerprint density at radius 3 is 1.61 bits per heavy atom. The Hall–Kier alpha value is -5.23. The van der Waals surface area contributed by atoms with Gasteiger partial charge in [-0.3, -0.25) is 0 Å². The monoisotopic (exact) mass is 731 g/mol. The van der Waals surface area contributed by atoms with Gasteiger partial charge in [0, 0.05) is 21.6 Å². The van der Waals surface area contributed by atoms with Gasteiger partial charge in [0.15, 0.2) is 0 Å². The molecule has 1 aliphatic rings. The predicted molar refractivity (Wildman–Crippen MR) is 241 cm³/mol. The molecule has 0 saturated heterocycles. The van der Waals surface area contributed by atoms with Crippen LogP contribution in [0.5, 0.6) is 0 Å². The second-order valence-electron chi connectivity index (χ2n) is 16.6. The van der Waals surface area contributed by atoms with Crippen LogP contribution >= 0.6 is 0 Å². The van der Waals surface area contributed by atoms with E-state index in [1.807, 2.05) is 0 Å². The Bertz CT molecular complexity index is 2690. The SMILES string of the molecule is CC[Si](C)(C)C1([Si](C)(C)CC)c2c(ccc3ccccc23)-c2ccc3cc(N(c4ccc5ccccc5c4)c4ccccc4-c4ccccc4)ccc3c21. The molecule has 266 valence electrons. The summed E-state index contributed by atoms with van der Waals surface area (Å²) < 4.78 is 0.0496. The topological polar surface area (TPSA) is 3.24 Å². The van der Waals surface area contributed by atoms with E-state index in [2.05, 4.69) is 209 Å². The Morgan fingerprint density at radius 2 is 0.926 bits per heavy atom. The summed E-state index contributed by atoms with van der Waals surface area (Å²) in [5.74, 6) is 0. The van der Waals surface area contributed by atoms with E-state index in [4.69, 9.17) is 0 Å². The zero-order valence-corrected chi connectivity index (χ0v) is 34.4. The van der Waals surface area contributed by atoms with Crippen molar-refractivity contribution in [2.24, 2.45) is 0 Å². The second kappa shape index (κ2) is 13.0. The van der Waals surface area contributed by atoms with Gasteiger partial charge in [0.2, 0.25) is 0 Å². The molecule has 0 heterocycles. The quantitative estimate of drug-likeness (QED) is 0.141. The van der Waals surface area contributed by atoms with Crippen molar-refractivity contribution in [1.82, 2.24) is 0 Å². The molecule has 0 atom stereocenters. The zero-order chi connectivity index (χ0) is 37.2. The lowest BCUT2D eigenvalue weighted by atomic mass is 9.97. The summed E-state index contributed by atoms with van der Waals surface area (Å²) >= 11 is 0. The van der Waals surface area contributed by atoms with Gasteiger partial charge in [0.25, 0.3) is 0 Å². The molecule has 1 aliphatic carbocycles. The smallest absolute Gasteiger partial charge is 0.0607 e. The van der Waals surface area contributed by atoms with Crippen LogP contribution in [0.1, 0.15) is 25.0 Å². The van der Waals surface area contributed by atoms with Crippen molar-refractivity contribution in [2.75, 3.05) is 4.90 Å². The third kappa shape index (κ3) is 5.02. The molecule has 8 aromatic carbocycles. The van der Waals surface area contributed by atoms with Crippen LogP contribution in [0.4, 0.5) is 17.1 Å². The highest BCUT2D eigenvalue weighted by molar-refractivity contribution is 7.01. The van der Waals surface area contributed by atoms with Crippen LogP contribution in [0.2, 0.25) is 38.3 Å².